The normalized spacial score (nSPS) is 22.2. The lowest BCUT2D eigenvalue weighted by atomic mass is 9.80. The van der Waals surface area contributed by atoms with Crippen LogP contribution in [-0.2, 0) is 17.8 Å². The van der Waals surface area contributed by atoms with Crippen molar-refractivity contribution in [2.45, 2.75) is 38.0 Å². The minimum Gasteiger partial charge on any atom is -0.463 e. The third-order valence-corrected chi connectivity index (χ3v) is 8.07. The van der Waals surface area contributed by atoms with Gasteiger partial charge in [0.1, 0.15) is 10.6 Å². The Labute approximate surface area is 193 Å². The van der Waals surface area contributed by atoms with Crippen LogP contribution < -0.4 is 10.2 Å². The zero-order chi connectivity index (χ0) is 21.5. The smallest absolute Gasteiger partial charge is 0.224 e. The van der Waals surface area contributed by atoms with Crippen LogP contribution in [0.2, 0.25) is 0 Å². The first-order valence-corrected chi connectivity index (χ1v) is 12.1. The Kier molecular flexibility index (Phi) is 3.63. The fourth-order valence-corrected chi connectivity index (χ4v) is 6.74. The van der Waals surface area contributed by atoms with Gasteiger partial charge in [0.15, 0.2) is 11.6 Å². The molecule has 8 heteroatoms. The predicted octanol–water partition coefficient (Wildman–Crippen LogP) is 5.06. The standard InChI is InChI=1S/C25H19N5O2S/c1-4-16-17(5-1)22-20(16)21-24(27-23(28-25(21)33-22)14-3-2-8-26-11-14)29-30-12-13-6-7-18-15(9-13)10-19(31-18)32-30/h2-4,6-9,11,17,19H,1,5,10,12H2,(H,27,28,29). The fourth-order valence-electron chi connectivity index (χ4n) is 5.39. The molecule has 7 nitrogen and oxygen atoms in total. The Bertz CT molecular complexity index is 1480. The SMILES string of the molecule is C1=C2c3c(sc4nc(-c5cccnc5)nc(NN5Cc6ccc7c(c6)CC(O7)O5)c34)C2CC1. The topological polar surface area (TPSA) is 72.4 Å². The highest BCUT2D eigenvalue weighted by molar-refractivity contribution is 7.19. The molecule has 0 radical (unpaired) electrons. The number of nitrogens with one attached hydrogen (secondary N) is 1. The van der Waals surface area contributed by atoms with Gasteiger partial charge < -0.3 is 4.74 Å². The van der Waals surface area contributed by atoms with Crippen molar-refractivity contribution < 1.29 is 9.57 Å². The van der Waals surface area contributed by atoms with Crippen molar-refractivity contribution in [2.24, 2.45) is 0 Å². The van der Waals surface area contributed by atoms with Crippen LogP contribution in [0.3, 0.4) is 0 Å². The second-order valence-electron chi connectivity index (χ2n) is 8.90. The van der Waals surface area contributed by atoms with Crippen LogP contribution in [0.15, 0.2) is 48.8 Å². The summed E-state index contributed by atoms with van der Waals surface area (Å²) in [6.07, 6.45) is 8.69. The van der Waals surface area contributed by atoms with E-state index in [0.29, 0.717) is 18.3 Å². The Hall–Kier alpha value is -3.33. The molecule has 0 saturated carbocycles. The Morgan fingerprint density at radius 1 is 1.18 bits per heavy atom. The van der Waals surface area contributed by atoms with E-state index in [4.69, 9.17) is 19.5 Å². The van der Waals surface area contributed by atoms with Crippen LogP contribution in [0.1, 0.15) is 40.3 Å². The van der Waals surface area contributed by atoms with Gasteiger partial charge >= 0.3 is 0 Å². The van der Waals surface area contributed by atoms with E-state index in [-0.39, 0.29) is 6.29 Å². The molecule has 1 N–H and O–H groups in total. The lowest BCUT2D eigenvalue weighted by Crippen LogP contribution is -2.37. The highest BCUT2D eigenvalue weighted by atomic mass is 32.1. The van der Waals surface area contributed by atoms with Crippen molar-refractivity contribution in [1.82, 2.24) is 20.1 Å². The zero-order valence-electron chi connectivity index (χ0n) is 17.6. The van der Waals surface area contributed by atoms with E-state index in [1.807, 2.05) is 18.2 Å². The number of hydroxylamine groups is 1. The van der Waals surface area contributed by atoms with E-state index >= 15 is 0 Å². The summed E-state index contributed by atoms with van der Waals surface area (Å²) in [5, 5.41) is 2.84. The summed E-state index contributed by atoms with van der Waals surface area (Å²) in [7, 11) is 0. The maximum atomic E-state index is 6.21. The van der Waals surface area contributed by atoms with Gasteiger partial charge in [-0.25, -0.2) is 14.8 Å². The number of hydrogen-bond donors (Lipinski definition) is 1. The molecule has 3 bridgehead atoms. The van der Waals surface area contributed by atoms with Gasteiger partial charge in [-0.15, -0.1) is 11.3 Å². The van der Waals surface area contributed by atoms with E-state index in [1.165, 1.54) is 33.6 Å². The molecule has 0 fully saturated rings. The average molecular weight is 454 g/mol. The van der Waals surface area contributed by atoms with Crippen molar-refractivity contribution in [3.8, 4) is 17.1 Å². The van der Waals surface area contributed by atoms with Gasteiger partial charge in [-0.05, 0) is 42.2 Å². The van der Waals surface area contributed by atoms with Crippen LogP contribution in [0.25, 0.3) is 27.2 Å². The number of thiophene rings is 1. The first-order valence-electron chi connectivity index (χ1n) is 11.2. The molecule has 4 aromatic rings. The van der Waals surface area contributed by atoms with Crippen LogP contribution in [0, 0.1) is 0 Å². The summed E-state index contributed by atoms with van der Waals surface area (Å²) < 4.78 is 5.97. The molecular formula is C25H19N5O2S. The second-order valence-corrected chi connectivity index (χ2v) is 9.93. The molecular weight excluding hydrogens is 434 g/mol. The van der Waals surface area contributed by atoms with Crippen LogP contribution in [0.5, 0.6) is 5.75 Å². The summed E-state index contributed by atoms with van der Waals surface area (Å²) in [5.41, 5.74) is 9.51. The number of aromatic nitrogens is 3. The third kappa shape index (κ3) is 2.65. The van der Waals surface area contributed by atoms with Crippen LogP contribution >= 0.6 is 11.3 Å². The molecule has 0 amide bonds. The average Bonchev–Trinajstić information content (AvgIpc) is 3.51. The van der Waals surface area contributed by atoms with E-state index in [0.717, 1.165) is 40.2 Å². The summed E-state index contributed by atoms with van der Waals surface area (Å²) in [6, 6.07) is 10.2. The van der Waals surface area contributed by atoms with Crippen LogP contribution in [-0.4, -0.2) is 26.4 Å². The van der Waals surface area contributed by atoms with Gasteiger partial charge in [-0.1, -0.05) is 23.4 Å². The fraction of sp³-hybridized carbons (Fsp3) is 0.240. The molecule has 4 aliphatic rings. The Morgan fingerprint density at radius 2 is 2.18 bits per heavy atom. The molecule has 0 spiro atoms. The first kappa shape index (κ1) is 18.1. The molecule has 8 rings (SSSR count). The lowest BCUT2D eigenvalue weighted by molar-refractivity contribution is -0.240. The highest BCUT2D eigenvalue weighted by Gasteiger charge is 2.40. The second kappa shape index (κ2) is 6.60. The summed E-state index contributed by atoms with van der Waals surface area (Å²) in [5.74, 6) is 2.90. The molecule has 0 saturated heterocycles. The minimum atomic E-state index is -0.342. The molecule has 2 aliphatic carbocycles. The van der Waals surface area contributed by atoms with Crippen molar-refractivity contribution >= 4 is 32.9 Å². The van der Waals surface area contributed by atoms with Crippen molar-refractivity contribution in [3.05, 3.63) is 70.4 Å². The van der Waals surface area contributed by atoms with Gasteiger partial charge in [0.25, 0.3) is 0 Å². The van der Waals surface area contributed by atoms with E-state index in [2.05, 4.69) is 28.6 Å². The third-order valence-electron chi connectivity index (χ3n) is 6.87. The van der Waals surface area contributed by atoms with E-state index < -0.39 is 0 Å². The van der Waals surface area contributed by atoms with Gasteiger partial charge in [-0.2, -0.15) is 0 Å². The zero-order valence-corrected chi connectivity index (χ0v) is 18.4. The number of fused-ring (bicyclic) bond motifs is 8. The number of ether oxygens (including phenoxy) is 1. The minimum absolute atomic E-state index is 0.342. The van der Waals surface area contributed by atoms with E-state index in [1.54, 1.807) is 28.9 Å². The summed E-state index contributed by atoms with van der Waals surface area (Å²) in [6.45, 7) is 0.582. The van der Waals surface area contributed by atoms with Crippen molar-refractivity contribution in [1.29, 1.82) is 0 Å². The molecule has 1 aromatic carbocycles. The molecule has 2 unspecified atom stereocenters. The molecule has 2 atom stereocenters. The molecule has 33 heavy (non-hydrogen) atoms. The number of hydrogen-bond acceptors (Lipinski definition) is 8. The lowest BCUT2D eigenvalue weighted by Gasteiger charge is -2.28. The monoisotopic (exact) mass is 453 g/mol. The number of allylic oxidation sites excluding steroid dienone is 2. The molecule has 162 valence electrons. The maximum Gasteiger partial charge on any atom is 0.224 e. The molecule has 5 heterocycles. The highest BCUT2D eigenvalue weighted by Crippen LogP contribution is 2.59. The number of nitrogens with zero attached hydrogens (tertiary/aromatic N) is 4. The Morgan fingerprint density at radius 3 is 3.12 bits per heavy atom. The van der Waals surface area contributed by atoms with Crippen molar-refractivity contribution in [2.75, 3.05) is 5.43 Å². The number of pyridine rings is 1. The van der Waals surface area contributed by atoms with Gasteiger partial charge in [-0.3, -0.25) is 10.4 Å². The summed E-state index contributed by atoms with van der Waals surface area (Å²) >= 11 is 1.79. The maximum absolute atomic E-state index is 6.21. The number of anilines is 1. The first-order chi connectivity index (χ1) is 16.3. The predicted molar refractivity (Wildman–Crippen MR) is 125 cm³/mol. The largest absolute Gasteiger partial charge is 0.463 e. The van der Waals surface area contributed by atoms with Gasteiger partial charge in [0.05, 0.1) is 11.9 Å². The van der Waals surface area contributed by atoms with Crippen molar-refractivity contribution in [3.63, 3.8) is 0 Å². The summed E-state index contributed by atoms with van der Waals surface area (Å²) in [4.78, 5) is 22.8. The number of hydrazine groups is 1. The van der Waals surface area contributed by atoms with Crippen LogP contribution in [0.4, 0.5) is 5.82 Å². The number of benzene rings is 1. The number of rotatable bonds is 3. The molecule has 3 aromatic heterocycles. The van der Waals surface area contributed by atoms with E-state index in [9.17, 15) is 0 Å². The Balaban J connectivity index is 1.26. The molecule has 2 aliphatic heterocycles. The quantitative estimate of drug-likeness (QED) is 0.465. The van der Waals surface area contributed by atoms with Gasteiger partial charge in [0, 0.05) is 46.3 Å². The van der Waals surface area contributed by atoms with Gasteiger partial charge in [0.2, 0.25) is 6.29 Å².